The molecule has 9 aromatic carbocycles. The van der Waals surface area contributed by atoms with Gasteiger partial charge in [-0.1, -0.05) is 158 Å². The quantitative estimate of drug-likeness (QED) is 0.168. The Kier molecular flexibility index (Phi) is 7.14. The fourth-order valence-corrected chi connectivity index (χ4v) is 8.31. The monoisotopic (exact) mass is 700 g/mol. The molecule has 4 heteroatoms. The van der Waals surface area contributed by atoms with E-state index in [4.69, 9.17) is 15.0 Å². The van der Waals surface area contributed by atoms with Gasteiger partial charge in [0.2, 0.25) is 0 Å². The molecule has 0 spiro atoms. The van der Waals surface area contributed by atoms with Crippen molar-refractivity contribution >= 4 is 54.1 Å². The molecule has 4 nitrogen and oxygen atoms in total. The van der Waals surface area contributed by atoms with Crippen molar-refractivity contribution < 1.29 is 0 Å². The van der Waals surface area contributed by atoms with Gasteiger partial charge in [-0.3, -0.25) is 0 Å². The zero-order valence-electron chi connectivity index (χ0n) is 29.8. The average Bonchev–Trinajstić information content (AvgIpc) is 3.60. The summed E-state index contributed by atoms with van der Waals surface area (Å²) in [5.41, 5.74) is 8.74. The van der Waals surface area contributed by atoms with E-state index in [0.29, 0.717) is 17.5 Å². The Balaban J connectivity index is 1.18. The number of nitrogens with zero attached hydrogens (tertiary/aromatic N) is 4. The molecule has 2 heterocycles. The number of para-hydroxylation sites is 2. The second kappa shape index (κ2) is 12.6. The van der Waals surface area contributed by atoms with Crippen LogP contribution in [0.1, 0.15) is 0 Å². The summed E-state index contributed by atoms with van der Waals surface area (Å²) < 4.78 is 2.36. The van der Waals surface area contributed by atoms with Gasteiger partial charge in [-0.05, 0) is 74.5 Å². The van der Waals surface area contributed by atoms with Crippen LogP contribution in [0, 0.1) is 0 Å². The number of hydrogen-bond acceptors (Lipinski definition) is 3. The second-order valence-corrected chi connectivity index (χ2v) is 14.0. The Morgan fingerprint density at radius 2 is 0.782 bits per heavy atom. The molecule has 0 atom stereocenters. The number of benzene rings is 9. The van der Waals surface area contributed by atoms with Crippen LogP contribution in [0.15, 0.2) is 194 Å². The lowest BCUT2D eigenvalue weighted by Gasteiger charge is -2.16. The van der Waals surface area contributed by atoms with Crippen LogP contribution < -0.4 is 0 Å². The van der Waals surface area contributed by atoms with Crippen molar-refractivity contribution in [3.63, 3.8) is 0 Å². The topological polar surface area (TPSA) is 43.6 Å². The highest BCUT2D eigenvalue weighted by Crippen LogP contribution is 2.42. The molecule has 11 aromatic rings. The molecule has 256 valence electrons. The van der Waals surface area contributed by atoms with E-state index in [1.165, 1.54) is 48.9 Å². The maximum absolute atomic E-state index is 5.18. The summed E-state index contributed by atoms with van der Waals surface area (Å²) in [6, 6.07) is 68.7. The van der Waals surface area contributed by atoms with Gasteiger partial charge in [0.1, 0.15) is 0 Å². The molecule has 0 saturated carbocycles. The van der Waals surface area contributed by atoms with E-state index in [1.807, 2.05) is 36.4 Å². The molecule has 0 aliphatic rings. The molecule has 0 amide bonds. The van der Waals surface area contributed by atoms with Gasteiger partial charge in [-0.15, -0.1) is 0 Å². The minimum atomic E-state index is 0.648. The Morgan fingerprint density at radius 3 is 1.47 bits per heavy atom. The average molecular weight is 701 g/mol. The smallest absolute Gasteiger partial charge is 0.164 e. The van der Waals surface area contributed by atoms with Crippen molar-refractivity contribution in [2.24, 2.45) is 0 Å². The summed E-state index contributed by atoms with van der Waals surface area (Å²) in [5.74, 6) is 1.95. The number of hydrogen-bond donors (Lipinski definition) is 0. The van der Waals surface area contributed by atoms with E-state index in [1.54, 1.807) is 0 Å². The summed E-state index contributed by atoms with van der Waals surface area (Å²) in [4.78, 5) is 15.4. The summed E-state index contributed by atoms with van der Waals surface area (Å²) in [5, 5.41) is 9.55. The van der Waals surface area contributed by atoms with Gasteiger partial charge in [-0.2, -0.15) is 0 Å². The van der Waals surface area contributed by atoms with Gasteiger partial charge in [0.25, 0.3) is 0 Å². The predicted molar refractivity (Wildman–Crippen MR) is 228 cm³/mol. The standard InChI is InChI=1S/C51H32N4/c1-4-15-33(16-5-1)49-52-50(34-17-6-2-7-18-34)54-51(53-49)43-25-14-24-42-39-22-11-10-21-38(39)40-29-27-35(32-45(40)48(42)43)36-28-30-47-44(31-36)41-23-12-13-26-46(41)55(47)37-19-8-3-9-20-37/h1-32H. The highest BCUT2D eigenvalue weighted by Gasteiger charge is 2.19. The largest absolute Gasteiger partial charge is 0.309 e. The summed E-state index contributed by atoms with van der Waals surface area (Å²) >= 11 is 0. The molecule has 0 unspecified atom stereocenters. The van der Waals surface area contributed by atoms with Crippen molar-refractivity contribution in [2.75, 3.05) is 0 Å². The van der Waals surface area contributed by atoms with Crippen LogP contribution in [-0.4, -0.2) is 19.5 Å². The molecular formula is C51H32N4. The van der Waals surface area contributed by atoms with E-state index in [-0.39, 0.29) is 0 Å². The fraction of sp³-hybridized carbons (Fsp3) is 0. The molecule has 0 aliphatic heterocycles. The van der Waals surface area contributed by atoms with E-state index in [0.717, 1.165) is 38.7 Å². The van der Waals surface area contributed by atoms with Gasteiger partial charge < -0.3 is 4.57 Å². The fourth-order valence-electron chi connectivity index (χ4n) is 8.31. The summed E-state index contributed by atoms with van der Waals surface area (Å²) in [7, 11) is 0. The van der Waals surface area contributed by atoms with Gasteiger partial charge in [-0.25, -0.2) is 15.0 Å². The van der Waals surface area contributed by atoms with Gasteiger partial charge >= 0.3 is 0 Å². The van der Waals surface area contributed by atoms with Crippen LogP contribution in [0.4, 0.5) is 0 Å². The molecular weight excluding hydrogens is 669 g/mol. The van der Waals surface area contributed by atoms with Gasteiger partial charge in [0.15, 0.2) is 17.5 Å². The molecule has 2 aromatic heterocycles. The van der Waals surface area contributed by atoms with Crippen molar-refractivity contribution in [1.82, 2.24) is 19.5 Å². The SMILES string of the molecule is c1ccc(-c2nc(-c3ccccc3)nc(-c3cccc4c5ccccc5c5ccc(-c6ccc7c(c6)c6ccccc6n7-c6ccccc6)cc5c34)n2)cc1. The van der Waals surface area contributed by atoms with Crippen LogP contribution in [0.25, 0.3) is 105 Å². The highest BCUT2D eigenvalue weighted by atomic mass is 15.0. The van der Waals surface area contributed by atoms with Gasteiger partial charge in [0, 0.05) is 38.5 Å². The van der Waals surface area contributed by atoms with Crippen molar-refractivity contribution in [3.8, 4) is 51.0 Å². The highest BCUT2D eigenvalue weighted by molar-refractivity contribution is 6.28. The zero-order valence-corrected chi connectivity index (χ0v) is 29.8. The van der Waals surface area contributed by atoms with Crippen molar-refractivity contribution in [1.29, 1.82) is 0 Å². The lowest BCUT2D eigenvalue weighted by atomic mass is 9.89. The van der Waals surface area contributed by atoms with E-state index in [9.17, 15) is 0 Å². The van der Waals surface area contributed by atoms with Crippen LogP contribution in [0.2, 0.25) is 0 Å². The van der Waals surface area contributed by atoms with Crippen molar-refractivity contribution in [2.45, 2.75) is 0 Å². The predicted octanol–water partition coefficient (Wildman–Crippen LogP) is 13.1. The van der Waals surface area contributed by atoms with E-state index in [2.05, 4.69) is 162 Å². The molecule has 0 fully saturated rings. The summed E-state index contributed by atoms with van der Waals surface area (Å²) in [6.07, 6.45) is 0. The third-order valence-corrected chi connectivity index (χ3v) is 10.8. The number of fused-ring (bicyclic) bond motifs is 9. The molecule has 0 bridgehead atoms. The molecule has 0 saturated heterocycles. The Hall–Kier alpha value is -7.43. The van der Waals surface area contributed by atoms with Gasteiger partial charge in [0.05, 0.1) is 11.0 Å². The second-order valence-electron chi connectivity index (χ2n) is 14.0. The normalized spacial score (nSPS) is 11.6. The Bertz CT molecular complexity index is 3180. The third kappa shape index (κ3) is 5.11. The first-order valence-electron chi connectivity index (χ1n) is 18.6. The van der Waals surface area contributed by atoms with Crippen LogP contribution in [0.5, 0.6) is 0 Å². The van der Waals surface area contributed by atoms with Crippen molar-refractivity contribution in [3.05, 3.63) is 194 Å². The lowest BCUT2D eigenvalue weighted by molar-refractivity contribution is 1.08. The Labute approximate surface area is 317 Å². The summed E-state index contributed by atoms with van der Waals surface area (Å²) in [6.45, 7) is 0. The minimum absolute atomic E-state index is 0.648. The molecule has 0 radical (unpaired) electrons. The maximum atomic E-state index is 5.18. The first-order valence-corrected chi connectivity index (χ1v) is 18.6. The van der Waals surface area contributed by atoms with Crippen LogP contribution >= 0.6 is 0 Å². The number of rotatable bonds is 5. The first-order chi connectivity index (χ1) is 27.3. The molecule has 0 N–H and O–H groups in total. The van der Waals surface area contributed by atoms with E-state index >= 15 is 0 Å². The first kappa shape index (κ1) is 31.1. The van der Waals surface area contributed by atoms with E-state index < -0.39 is 0 Å². The molecule has 55 heavy (non-hydrogen) atoms. The number of aromatic nitrogens is 4. The van der Waals surface area contributed by atoms with Crippen LogP contribution in [0.3, 0.4) is 0 Å². The minimum Gasteiger partial charge on any atom is -0.309 e. The lowest BCUT2D eigenvalue weighted by Crippen LogP contribution is -2.00. The molecule has 0 aliphatic carbocycles. The maximum Gasteiger partial charge on any atom is 0.164 e. The Morgan fingerprint density at radius 1 is 0.291 bits per heavy atom. The van der Waals surface area contributed by atoms with Crippen LogP contribution in [-0.2, 0) is 0 Å². The molecule has 11 rings (SSSR count). The third-order valence-electron chi connectivity index (χ3n) is 10.8. The zero-order chi connectivity index (χ0) is 36.3.